The van der Waals surface area contributed by atoms with Crippen LogP contribution in [0.25, 0.3) is 0 Å². The van der Waals surface area contributed by atoms with Crippen molar-refractivity contribution in [3.05, 3.63) is 64.4 Å². The topological polar surface area (TPSA) is 38.3 Å². The fourth-order valence-electron chi connectivity index (χ4n) is 2.26. The number of nitrogens with one attached hydrogen (secondary N) is 1. The molecule has 24 heavy (non-hydrogen) atoms. The molecule has 2 aromatic carbocycles. The molecule has 1 N–H and O–H groups in total. The van der Waals surface area contributed by atoms with Gasteiger partial charge in [-0.25, -0.2) is 4.39 Å². The third-order valence-electron chi connectivity index (χ3n) is 3.83. The van der Waals surface area contributed by atoms with Crippen molar-refractivity contribution in [1.82, 2.24) is 5.32 Å². The SMILES string of the molecule is CC(Oc1ccc(F)cc1Br)C(=O)NCC(C)(C)c1ccccc1. The lowest BCUT2D eigenvalue weighted by molar-refractivity contribution is -0.127. The summed E-state index contributed by atoms with van der Waals surface area (Å²) in [6, 6.07) is 14.1. The Hall–Kier alpha value is -1.88. The van der Waals surface area contributed by atoms with Crippen molar-refractivity contribution in [1.29, 1.82) is 0 Å². The van der Waals surface area contributed by atoms with Crippen LogP contribution in [-0.2, 0) is 10.2 Å². The standard InChI is InChI=1S/C19H21BrFNO2/c1-13(24-17-10-9-15(21)11-16(17)20)18(23)22-12-19(2,3)14-7-5-4-6-8-14/h4-11,13H,12H2,1-3H3,(H,22,23). The Kier molecular flexibility index (Phi) is 5.99. The molecule has 128 valence electrons. The molecule has 0 aliphatic carbocycles. The first-order chi connectivity index (χ1) is 11.3. The van der Waals surface area contributed by atoms with Crippen molar-refractivity contribution in [2.75, 3.05) is 6.54 Å². The predicted molar refractivity (Wildman–Crippen MR) is 96.7 cm³/mol. The quantitative estimate of drug-likeness (QED) is 0.786. The Labute approximate surface area is 150 Å². The Morgan fingerprint density at radius 2 is 1.92 bits per heavy atom. The normalized spacial score (nSPS) is 12.5. The van der Waals surface area contributed by atoms with Crippen LogP contribution in [0.3, 0.4) is 0 Å². The number of hydrogen-bond acceptors (Lipinski definition) is 2. The van der Waals surface area contributed by atoms with Gasteiger partial charge in [0.15, 0.2) is 6.10 Å². The molecule has 0 aliphatic rings. The van der Waals surface area contributed by atoms with Crippen molar-refractivity contribution in [2.45, 2.75) is 32.3 Å². The second-order valence-corrected chi connectivity index (χ2v) is 7.16. The minimum atomic E-state index is -0.682. The zero-order valence-corrected chi connectivity index (χ0v) is 15.6. The van der Waals surface area contributed by atoms with Crippen LogP contribution in [0.5, 0.6) is 5.75 Å². The van der Waals surface area contributed by atoms with E-state index in [4.69, 9.17) is 4.74 Å². The van der Waals surface area contributed by atoms with Crippen LogP contribution in [0.4, 0.5) is 4.39 Å². The highest BCUT2D eigenvalue weighted by Crippen LogP contribution is 2.26. The minimum Gasteiger partial charge on any atom is -0.480 e. The third-order valence-corrected chi connectivity index (χ3v) is 4.45. The van der Waals surface area contributed by atoms with Gasteiger partial charge in [0.25, 0.3) is 5.91 Å². The lowest BCUT2D eigenvalue weighted by Gasteiger charge is -2.26. The number of carbonyl (C=O) groups excluding carboxylic acids is 1. The monoisotopic (exact) mass is 393 g/mol. The van der Waals surface area contributed by atoms with Crippen LogP contribution >= 0.6 is 15.9 Å². The Morgan fingerprint density at radius 1 is 1.25 bits per heavy atom. The molecule has 1 amide bonds. The fourth-order valence-corrected chi connectivity index (χ4v) is 2.70. The molecule has 0 fully saturated rings. The third kappa shape index (κ3) is 4.81. The van der Waals surface area contributed by atoms with Crippen LogP contribution in [0.15, 0.2) is 53.0 Å². The predicted octanol–water partition coefficient (Wildman–Crippen LogP) is 4.45. The maximum Gasteiger partial charge on any atom is 0.260 e. The molecule has 1 unspecified atom stereocenters. The van der Waals surface area contributed by atoms with Crippen molar-refractivity contribution in [3.63, 3.8) is 0 Å². The van der Waals surface area contributed by atoms with Crippen molar-refractivity contribution in [3.8, 4) is 5.75 Å². The maximum absolute atomic E-state index is 13.1. The zero-order valence-electron chi connectivity index (χ0n) is 14.0. The average Bonchev–Trinajstić information content (AvgIpc) is 2.56. The van der Waals surface area contributed by atoms with Crippen LogP contribution < -0.4 is 10.1 Å². The molecule has 0 saturated heterocycles. The van der Waals surface area contributed by atoms with Gasteiger partial charge in [-0.1, -0.05) is 44.2 Å². The summed E-state index contributed by atoms with van der Waals surface area (Å²) in [6.07, 6.45) is -0.682. The zero-order chi connectivity index (χ0) is 17.7. The van der Waals surface area contributed by atoms with Crippen molar-refractivity contribution >= 4 is 21.8 Å². The summed E-state index contributed by atoms with van der Waals surface area (Å²) in [5.41, 5.74) is 0.966. The number of carbonyl (C=O) groups is 1. The van der Waals surface area contributed by atoms with Gasteiger partial charge in [-0.2, -0.15) is 0 Å². The van der Waals surface area contributed by atoms with E-state index in [0.717, 1.165) is 5.56 Å². The van der Waals surface area contributed by atoms with Crippen molar-refractivity contribution in [2.24, 2.45) is 0 Å². The molecule has 0 spiro atoms. The molecular formula is C19H21BrFNO2. The van der Waals surface area contributed by atoms with Gasteiger partial charge in [-0.15, -0.1) is 0 Å². The number of hydrogen-bond donors (Lipinski definition) is 1. The number of amides is 1. The number of benzene rings is 2. The van der Waals surface area contributed by atoms with E-state index in [0.29, 0.717) is 16.8 Å². The average molecular weight is 394 g/mol. The van der Waals surface area contributed by atoms with E-state index in [1.165, 1.54) is 18.2 Å². The van der Waals surface area contributed by atoms with E-state index in [-0.39, 0.29) is 17.1 Å². The molecule has 0 aromatic heterocycles. The summed E-state index contributed by atoms with van der Waals surface area (Å²) >= 11 is 3.23. The molecular weight excluding hydrogens is 373 g/mol. The number of ether oxygens (including phenoxy) is 1. The summed E-state index contributed by atoms with van der Waals surface area (Å²) in [6.45, 7) is 6.31. The van der Waals surface area contributed by atoms with Crippen LogP contribution in [0.1, 0.15) is 26.3 Å². The molecule has 3 nitrogen and oxygen atoms in total. The van der Waals surface area contributed by atoms with Crippen LogP contribution in [0, 0.1) is 5.82 Å². The molecule has 2 aromatic rings. The molecule has 0 aliphatic heterocycles. The van der Waals surface area contributed by atoms with Gasteiger partial charge in [-0.3, -0.25) is 4.79 Å². The highest BCUT2D eigenvalue weighted by Gasteiger charge is 2.23. The van der Waals surface area contributed by atoms with Gasteiger partial charge in [0, 0.05) is 12.0 Å². The molecule has 0 heterocycles. The highest BCUT2D eigenvalue weighted by atomic mass is 79.9. The second kappa shape index (κ2) is 7.79. The number of rotatable bonds is 6. The fraction of sp³-hybridized carbons (Fsp3) is 0.316. The largest absolute Gasteiger partial charge is 0.480 e. The van der Waals surface area contributed by atoms with Gasteiger partial charge >= 0.3 is 0 Å². The van der Waals surface area contributed by atoms with Crippen LogP contribution in [0.2, 0.25) is 0 Å². The van der Waals surface area contributed by atoms with Crippen LogP contribution in [-0.4, -0.2) is 18.6 Å². The summed E-state index contributed by atoms with van der Waals surface area (Å²) < 4.78 is 19.2. The van der Waals surface area contributed by atoms with Gasteiger partial charge in [-0.05, 0) is 46.6 Å². The van der Waals surface area contributed by atoms with Gasteiger partial charge < -0.3 is 10.1 Å². The Balaban J connectivity index is 1.94. The van der Waals surface area contributed by atoms with E-state index in [1.54, 1.807) is 6.92 Å². The van der Waals surface area contributed by atoms with E-state index >= 15 is 0 Å². The summed E-state index contributed by atoms with van der Waals surface area (Å²) in [4.78, 5) is 12.3. The minimum absolute atomic E-state index is 0.187. The Morgan fingerprint density at radius 3 is 2.54 bits per heavy atom. The summed E-state index contributed by atoms with van der Waals surface area (Å²) in [5.74, 6) is -0.146. The maximum atomic E-state index is 13.1. The van der Waals surface area contributed by atoms with Gasteiger partial charge in [0.1, 0.15) is 11.6 Å². The van der Waals surface area contributed by atoms with E-state index in [1.807, 2.05) is 30.3 Å². The van der Waals surface area contributed by atoms with Crippen molar-refractivity contribution < 1.29 is 13.9 Å². The number of halogens is 2. The molecule has 5 heteroatoms. The van der Waals surface area contributed by atoms with Gasteiger partial charge in [0.05, 0.1) is 4.47 Å². The lowest BCUT2D eigenvalue weighted by Crippen LogP contribution is -2.42. The lowest BCUT2D eigenvalue weighted by atomic mass is 9.84. The molecule has 0 radical (unpaired) electrons. The first-order valence-corrected chi connectivity index (χ1v) is 8.54. The molecule has 0 bridgehead atoms. The second-order valence-electron chi connectivity index (χ2n) is 6.30. The van der Waals surface area contributed by atoms with E-state index < -0.39 is 6.10 Å². The Bertz CT molecular complexity index is 704. The van der Waals surface area contributed by atoms with E-state index in [9.17, 15) is 9.18 Å². The summed E-state index contributed by atoms with van der Waals surface area (Å²) in [7, 11) is 0. The summed E-state index contributed by atoms with van der Waals surface area (Å²) in [5, 5.41) is 2.92. The highest BCUT2D eigenvalue weighted by molar-refractivity contribution is 9.10. The smallest absolute Gasteiger partial charge is 0.260 e. The van der Waals surface area contributed by atoms with E-state index in [2.05, 4.69) is 35.1 Å². The molecule has 2 rings (SSSR count). The van der Waals surface area contributed by atoms with Gasteiger partial charge in [0.2, 0.25) is 0 Å². The molecule has 1 atom stereocenters. The first-order valence-electron chi connectivity index (χ1n) is 7.74. The molecule has 0 saturated carbocycles. The first kappa shape index (κ1) is 18.5.